The number of nitrogens with zero attached hydrogens (tertiary/aromatic N) is 4. The first-order chi connectivity index (χ1) is 41.7. The van der Waals surface area contributed by atoms with Gasteiger partial charge in [0.05, 0.1) is 0 Å². The molecule has 36 N–H and O–H groups in total. The lowest BCUT2D eigenvalue weighted by Gasteiger charge is -2.37. The topological polar surface area (TPSA) is 985 Å². The first-order valence-electron chi connectivity index (χ1n) is 24.9. The summed E-state index contributed by atoms with van der Waals surface area (Å²) in [5, 5.41) is 0. The van der Waals surface area contributed by atoms with E-state index < -0.39 is 192 Å². The first kappa shape index (κ1) is 107. The van der Waals surface area contributed by atoms with Gasteiger partial charge in [-0.05, 0) is 51.6 Å². The Hall–Kier alpha value is 2.16. The number of hydrogen-bond acceptors (Lipinski definition) is 22. The Morgan fingerprint density at radius 2 is 0.281 bits per heavy atom. The van der Waals surface area contributed by atoms with Crippen LogP contribution in [0, 0.1) is 0 Å². The first-order valence-corrected chi connectivity index (χ1v) is 51.8. The average molecular weight is 1740 g/mol. The van der Waals surface area contributed by atoms with Gasteiger partial charge in [0, 0.05) is 26.2 Å². The number of unbranched alkanes of at least 4 members (excludes halogenated alkanes) is 3. The third kappa shape index (κ3) is 40.2. The van der Waals surface area contributed by atoms with Crippen LogP contribution in [0.15, 0.2) is 0 Å². The standard InChI is InChI=1S/C6H16N2.4C5H17NO12P4/c7-5-3-1-2-4-6-8;4*1-2-3-6(4(19(7,8)9)20(10,11)12)5(21(13,14)15)22(16,17)18/h1-8H2;4*4-5H,2-3H2,1H3,(H2,7,8,9)(H2,10,11,12)(H2,13,14,15)(H2,16,17,18). The summed E-state index contributed by atoms with van der Waals surface area (Å²) in [6.07, 6.45) is 4.15. The maximum Gasteiger partial charge on any atom is 0.355 e. The van der Waals surface area contributed by atoms with Gasteiger partial charge in [0.1, 0.15) is 0 Å². The van der Waals surface area contributed by atoms with Crippen LogP contribution in [0.3, 0.4) is 0 Å². The zero-order chi connectivity index (χ0) is 78.8. The molecule has 70 heteroatoms. The van der Waals surface area contributed by atoms with Crippen molar-refractivity contribution in [3.8, 4) is 0 Å². The van der Waals surface area contributed by atoms with Crippen molar-refractivity contribution in [2.45, 2.75) is 123 Å². The molecule has 586 valence electrons. The highest BCUT2D eigenvalue weighted by molar-refractivity contribution is 7.75. The summed E-state index contributed by atoms with van der Waals surface area (Å²) >= 11 is 0. The Kier molecular flexibility index (Phi) is 45.5. The van der Waals surface area contributed by atoms with Gasteiger partial charge >= 0.3 is 122 Å². The molecular weight excluding hydrogens is 1660 g/mol. The molecule has 0 aliphatic heterocycles. The van der Waals surface area contributed by atoms with Crippen molar-refractivity contribution in [2.24, 2.45) is 11.5 Å². The Morgan fingerprint density at radius 3 is 0.333 bits per heavy atom. The molecule has 0 fully saturated rings. The lowest BCUT2D eigenvalue weighted by molar-refractivity contribution is 0.197. The second-order valence-electron chi connectivity index (χ2n) is 19.1. The number of rotatable bonds is 37. The predicted octanol–water partition coefficient (Wildman–Crippen LogP) is -3.63. The Labute approximate surface area is 542 Å². The van der Waals surface area contributed by atoms with E-state index >= 15 is 0 Å². The summed E-state index contributed by atoms with van der Waals surface area (Å²) in [5.74, 6) is 0. The van der Waals surface area contributed by atoms with E-state index in [-0.39, 0.29) is 45.3 Å². The Morgan fingerprint density at radius 1 is 0.198 bits per heavy atom. The molecule has 0 saturated carbocycles. The van der Waals surface area contributed by atoms with E-state index in [1.165, 1.54) is 40.5 Å². The second-order valence-corrected chi connectivity index (χ2v) is 49.1. The van der Waals surface area contributed by atoms with Crippen LogP contribution in [-0.4, -0.2) is 260 Å². The highest BCUT2D eigenvalue weighted by Crippen LogP contribution is 2.73. The highest BCUT2D eigenvalue weighted by atomic mass is 31.3. The fourth-order valence-corrected chi connectivity index (χ4v) is 32.1. The molecular formula is C26H84N6O48P16. The molecule has 0 aliphatic rings. The Bertz CT molecular complexity index is 2430. The summed E-state index contributed by atoms with van der Waals surface area (Å²) in [6.45, 7) is 3.71. The van der Waals surface area contributed by atoms with Crippen LogP contribution in [0.2, 0.25) is 0 Å². The molecule has 0 heterocycles. The van der Waals surface area contributed by atoms with Gasteiger partial charge in [0.15, 0.2) is 0 Å². The summed E-state index contributed by atoms with van der Waals surface area (Å²) in [6, 6.07) is 0. The zero-order valence-electron chi connectivity index (χ0n) is 49.5. The van der Waals surface area contributed by atoms with Gasteiger partial charge in [0.25, 0.3) is 0 Å². The van der Waals surface area contributed by atoms with Crippen molar-refractivity contribution in [1.82, 2.24) is 19.6 Å². The molecule has 96 heavy (non-hydrogen) atoms. The highest BCUT2D eigenvalue weighted by Gasteiger charge is 2.62. The van der Waals surface area contributed by atoms with Crippen LogP contribution in [0.4, 0.5) is 0 Å². The van der Waals surface area contributed by atoms with Crippen LogP contribution in [0.25, 0.3) is 0 Å². The number of hydrogen-bond donors (Lipinski definition) is 34. The second kappa shape index (κ2) is 40.9. The van der Waals surface area contributed by atoms with E-state index in [9.17, 15) is 73.0 Å². The molecule has 0 aromatic rings. The fraction of sp³-hybridized carbons (Fsp3) is 1.00. The maximum absolute atomic E-state index is 11.3. The minimum absolute atomic E-state index is 0.160. The van der Waals surface area contributed by atoms with Gasteiger partial charge in [-0.3, -0.25) is 92.6 Å². The minimum Gasteiger partial charge on any atom is -0.330 e. The van der Waals surface area contributed by atoms with E-state index in [0.29, 0.717) is 0 Å². The molecule has 0 aromatic carbocycles. The van der Waals surface area contributed by atoms with E-state index in [2.05, 4.69) is 0 Å². The third-order valence-electron chi connectivity index (χ3n) is 10.3. The molecule has 0 bridgehead atoms. The molecule has 0 unspecified atom stereocenters. The van der Waals surface area contributed by atoms with Gasteiger partial charge in [0.2, 0.25) is 44.2 Å². The minimum atomic E-state index is -5.70. The van der Waals surface area contributed by atoms with Gasteiger partial charge in [-0.25, -0.2) is 0 Å². The zero-order valence-corrected chi connectivity index (χ0v) is 63.8. The van der Waals surface area contributed by atoms with Crippen LogP contribution < -0.4 is 11.5 Å². The van der Waals surface area contributed by atoms with Gasteiger partial charge in [-0.1, -0.05) is 40.5 Å². The van der Waals surface area contributed by atoms with Crippen molar-refractivity contribution in [2.75, 3.05) is 39.3 Å². The van der Waals surface area contributed by atoms with Crippen molar-refractivity contribution < 1.29 is 230 Å². The van der Waals surface area contributed by atoms with Crippen LogP contribution in [-0.2, 0) is 73.0 Å². The molecule has 0 rings (SSSR count). The fourth-order valence-electron chi connectivity index (χ4n) is 7.73. The van der Waals surface area contributed by atoms with Crippen molar-refractivity contribution >= 4 is 122 Å². The largest absolute Gasteiger partial charge is 0.355 e. The lowest BCUT2D eigenvalue weighted by atomic mass is 10.2. The van der Waals surface area contributed by atoms with E-state index in [4.69, 9.17) is 168 Å². The van der Waals surface area contributed by atoms with Crippen LogP contribution in [0.1, 0.15) is 79.1 Å². The quantitative estimate of drug-likeness (QED) is 0.0211. The number of nitrogens with two attached hydrogens (primary N) is 2. The van der Waals surface area contributed by atoms with Crippen molar-refractivity contribution in [3.05, 3.63) is 0 Å². The van der Waals surface area contributed by atoms with Crippen molar-refractivity contribution in [1.29, 1.82) is 0 Å². The molecule has 0 saturated heterocycles. The normalized spacial score (nSPS) is 14.6. The smallest absolute Gasteiger partial charge is 0.330 e. The van der Waals surface area contributed by atoms with Gasteiger partial charge in [-0.15, -0.1) is 0 Å². The lowest BCUT2D eigenvalue weighted by Crippen LogP contribution is -2.43. The molecule has 0 aliphatic carbocycles. The summed E-state index contributed by atoms with van der Waals surface area (Å²) in [4.78, 5) is 289. The van der Waals surface area contributed by atoms with E-state index in [1.807, 2.05) is 0 Å². The van der Waals surface area contributed by atoms with Gasteiger partial charge in [-0.2, -0.15) is 0 Å². The molecule has 54 nitrogen and oxygen atoms in total. The van der Waals surface area contributed by atoms with Crippen molar-refractivity contribution in [3.63, 3.8) is 0 Å². The maximum atomic E-state index is 11.3. The van der Waals surface area contributed by atoms with Gasteiger partial charge < -0.3 is 168 Å². The summed E-state index contributed by atoms with van der Waals surface area (Å²) < 4.78 is 181. The molecule has 0 amide bonds. The SMILES string of the molecule is CCCN(C(P(=O)(O)O)P(=O)(O)O)C(P(=O)(O)O)P(=O)(O)O.CCCN(C(P(=O)(O)O)P(=O)(O)O)C(P(=O)(O)O)P(=O)(O)O.CCCN(C(P(=O)(O)O)P(=O)(O)O)C(P(=O)(O)O)P(=O)(O)O.CCCN(C(P(=O)(O)O)P(=O)(O)O)C(P(=O)(O)O)P(=O)(O)O.NCCCCCCN. The molecule has 0 radical (unpaired) electrons. The van der Waals surface area contributed by atoms with Crippen LogP contribution >= 0.6 is 122 Å². The molecule has 0 aromatic heterocycles. The predicted molar refractivity (Wildman–Crippen MR) is 328 cm³/mol. The Balaban J connectivity index is -0.000000368. The molecule has 0 atom stereocenters. The average Bonchev–Trinajstić information content (AvgIpc) is 0.788. The molecule has 0 spiro atoms. The van der Waals surface area contributed by atoms with E-state index in [0.717, 1.165) is 25.9 Å². The van der Waals surface area contributed by atoms with E-state index in [1.54, 1.807) is 0 Å². The monoisotopic (exact) mass is 1740 g/mol. The summed E-state index contributed by atoms with van der Waals surface area (Å²) in [7, 11) is -91.2. The summed E-state index contributed by atoms with van der Waals surface area (Å²) in [5.41, 5.74) is -14.2. The van der Waals surface area contributed by atoms with Crippen LogP contribution in [0.5, 0.6) is 0 Å². The third-order valence-corrected chi connectivity index (χ3v) is 39.1.